The van der Waals surface area contributed by atoms with E-state index in [1.807, 2.05) is 6.92 Å². The topological polar surface area (TPSA) is 99.5 Å². The quantitative estimate of drug-likeness (QED) is 0.754. The first kappa shape index (κ1) is 12.2. The van der Waals surface area contributed by atoms with Crippen molar-refractivity contribution in [2.45, 2.75) is 19.8 Å². The van der Waals surface area contributed by atoms with Crippen molar-refractivity contribution in [3.63, 3.8) is 0 Å². The molecule has 0 bridgehead atoms. The van der Waals surface area contributed by atoms with Gasteiger partial charge in [-0.25, -0.2) is 0 Å². The van der Waals surface area contributed by atoms with Crippen molar-refractivity contribution < 1.29 is 0 Å². The number of rotatable bonds is 3. The molecule has 2 aromatic heterocycles. The largest absolute Gasteiger partial charge is 0.339 e. The maximum atomic E-state index is 5.76. The van der Waals surface area contributed by atoms with Crippen LogP contribution < -0.4 is 10.6 Å². The molecule has 0 radical (unpaired) electrons. The number of aryl methyl sites for hydroxylation is 1. The lowest BCUT2D eigenvalue weighted by molar-refractivity contribution is 0.420. The lowest BCUT2D eigenvalue weighted by Crippen LogP contribution is -2.38. The van der Waals surface area contributed by atoms with E-state index in [-0.39, 0.29) is 0 Å². The Bertz CT molecular complexity index is 544. The van der Waals surface area contributed by atoms with Crippen LogP contribution in [0.1, 0.15) is 18.5 Å². The van der Waals surface area contributed by atoms with Crippen molar-refractivity contribution in [3.8, 4) is 11.4 Å². The Labute approximate surface area is 111 Å². The maximum absolute atomic E-state index is 5.76. The van der Waals surface area contributed by atoms with Crippen LogP contribution in [0, 0.1) is 12.8 Å². The highest BCUT2D eigenvalue weighted by atomic mass is 15.4. The molecule has 1 unspecified atom stereocenters. The van der Waals surface area contributed by atoms with Gasteiger partial charge in [0.2, 0.25) is 5.95 Å². The third-order valence-electron chi connectivity index (χ3n) is 3.69. The summed E-state index contributed by atoms with van der Waals surface area (Å²) >= 11 is 0. The summed E-state index contributed by atoms with van der Waals surface area (Å²) in [5.41, 5.74) is 7.71. The summed E-state index contributed by atoms with van der Waals surface area (Å²) in [6, 6.07) is 0. The first-order chi connectivity index (χ1) is 9.28. The highest BCUT2D eigenvalue weighted by molar-refractivity contribution is 5.57. The Kier molecular flexibility index (Phi) is 3.20. The molecule has 19 heavy (non-hydrogen) atoms. The van der Waals surface area contributed by atoms with E-state index in [2.05, 4.69) is 30.3 Å². The zero-order valence-electron chi connectivity index (χ0n) is 11.1. The van der Waals surface area contributed by atoms with Gasteiger partial charge in [0.1, 0.15) is 0 Å². The van der Waals surface area contributed by atoms with Crippen LogP contribution in [-0.2, 0) is 0 Å². The molecule has 1 atom stereocenters. The van der Waals surface area contributed by atoms with E-state index >= 15 is 0 Å². The van der Waals surface area contributed by atoms with Gasteiger partial charge in [-0.2, -0.15) is 10.1 Å². The van der Waals surface area contributed by atoms with Crippen LogP contribution in [0.3, 0.4) is 0 Å². The maximum Gasteiger partial charge on any atom is 0.245 e. The van der Waals surface area contributed by atoms with Gasteiger partial charge in [-0.3, -0.25) is 10.2 Å². The van der Waals surface area contributed by atoms with Gasteiger partial charge in [-0.05, 0) is 32.2 Å². The molecular weight excluding hydrogens is 242 g/mol. The van der Waals surface area contributed by atoms with Gasteiger partial charge in [-0.15, -0.1) is 5.10 Å². The third-order valence-corrected chi connectivity index (χ3v) is 3.69. The Morgan fingerprint density at radius 3 is 3.11 bits per heavy atom. The Morgan fingerprint density at radius 1 is 1.47 bits per heavy atom. The van der Waals surface area contributed by atoms with E-state index < -0.39 is 0 Å². The second-order valence-electron chi connectivity index (χ2n) is 5.08. The molecule has 7 heteroatoms. The molecule has 3 heterocycles. The van der Waals surface area contributed by atoms with Crippen LogP contribution in [0.25, 0.3) is 11.4 Å². The van der Waals surface area contributed by atoms with Crippen molar-refractivity contribution in [2.24, 2.45) is 11.7 Å². The number of aromatic amines is 2. The monoisotopic (exact) mass is 261 g/mol. The number of hydrogen-bond donors (Lipinski definition) is 3. The second-order valence-corrected chi connectivity index (χ2v) is 5.08. The van der Waals surface area contributed by atoms with E-state index in [1.165, 1.54) is 6.42 Å². The predicted octanol–water partition coefficient (Wildman–Crippen LogP) is 0.678. The van der Waals surface area contributed by atoms with E-state index in [9.17, 15) is 0 Å². The van der Waals surface area contributed by atoms with Crippen molar-refractivity contribution in [3.05, 3.63) is 11.9 Å². The molecule has 0 spiro atoms. The SMILES string of the molecule is Cc1[nH]ncc1-c1nc(N2CCCC(CN)C2)n[nH]1. The molecule has 0 saturated carbocycles. The van der Waals surface area contributed by atoms with E-state index in [1.54, 1.807) is 6.20 Å². The zero-order chi connectivity index (χ0) is 13.2. The van der Waals surface area contributed by atoms with Crippen molar-refractivity contribution in [1.82, 2.24) is 25.4 Å². The molecule has 1 aliphatic heterocycles. The lowest BCUT2D eigenvalue weighted by atomic mass is 9.99. The number of anilines is 1. The third kappa shape index (κ3) is 2.33. The number of aromatic nitrogens is 5. The van der Waals surface area contributed by atoms with Gasteiger partial charge in [0.05, 0.1) is 11.8 Å². The summed E-state index contributed by atoms with van der Waals surface area (Å²) in [5, 5.41) is 14.2. The molecule has 3 rings (SSSR count). The minimum Gasteiger partial charge on any atom is -0.339 e. The zero-order valence-corrected chi connectivity index (χ0v) is 11.1. The predicted molar refractivity (Wildman–Crippen MR) is 72.7 cm³/mol. The average Bonchev–Trinajstić information content (AvgIpc) is 3.07. The Morgan fingerprint density at radius 2 is 2.37 bits per heavy atom. The molecule has 0 amide bonds. The van der Waals surface area contributed by atoms with Gasteiger partial charge in [0.25, 0.3) is 0 Å². The summed E-state index contributed by atoms with van der Waals surface area (Å²) in [6.45, 7) is 4.64. The molecule has 1 saturated heterocycles. The molecule has 7 nitrogen and oxygen atoms in total. The summed E-state index contributed by atoms with van der Waals surface area (Å²) < 4.78 is 0. The smallest absolute Gasteiger partial charge is 0.245 e. The van der Waals surface area contributed by atoms with E-state index in [0.29, 0.717) is 5.92 Å². The second kappa shape index (κ2) is 5.00. The lowest BCUT2D eigenvalue weighted by Gasteiger charge is -2.31. The van der Waals surface area contributed by atoms with Crippen molar-refractivity contribution in [2.75, 3.05) is 24.5 Å². The van der Waals surface area contributed by atoms with Gasteiger partial charge >= 0.3 is 0 Å². The van der Waals surface area contributed by atoms with Gasteiger partial charge in [0, 0.05) is 18.8 Å². The molecule has 4 N–H and O–H groups in total. The fourth-order valence-corrected chi connectivity index (χ4v) is 2.54. The van der Waals surface area contributed by atoms with Gasteiger partial charge in [0.15, 0.2) is 5.82 Å². The van der Waals surface area contributed by atoms with Gasteiger partial charge in [-0.1, -0.05) is 0 Å². The van der Waals surface area contributed by atoms with Crippen molar-refractivity contribution in [1.29, 1.82) is 0 Å². The summed E-state index contributed by atoms with van der Waals surface area (Å²) in [6.07, 6.45) is 4.11. The first-order valence-electron chi connectivity index (χ1n) is 6.65. The minimum absolute atomic E-state index is 0.548. The molecule has 0 aliphatic carbocycles. The van der Waals surface area contributed by atoms with Crippen LogP contribution in [0.4, 0.5) is 5.95 Å². The van der Waals surface area contributed by atoms with E-state index in [0.717, 1.165) is 49.1 Å². The molecule has 2 aromatic rings. The Hall–Kier alpha value is -1.89. The number of H-pyrrole nitrogens is 2. The molecule has 1 aliphatic rings. The highest BCUT2D eigenvalue weighted by Crippen LogP contribution is 2.23. The fourth-order valence-electron chi connectivity index (χ4n) is 2.54. The minimum atomic E-state index is 0.548. The van der Waals surface area contributed by atoms with Crippen LogP contribution >= 0.6 is 0 Å². The molecular formula is C12H19N7. The first-order valence-corrected chi connectivity index (χ1v) is 6.65. The van der Waals surface area contributed by atoms with Crippen LogP contribution in [0.15, 0.2) is 6.20 Å². The fraction of sp³-hybridized carbons (Fsp3) is 0.583. The van der Waals surface area contributed by atoms with E-state index in [4.69, 9.17) is 5.73 Å². The summed E-state index contributed by atoms with van der Waals surface area (Å²) in [4.78, 5) is 6.77. The summed E-state index contributed by atoms with van der Waals surface area (Å²) in [7, 11) is 0. The van der Waals surface area contributed by atoms with Crippen molar-refractivity contribution >= 4 is 5.95 Å². The van der Waals surface area contributed by atoms with Crippen LogP contribution in [0.5, 0.6) is 0 Å². The van der Waals surface area contributed by atoms with Crippen LogP contribution in [0.2, 0.25) is 0 Å². The molecule has 1 fully saturated rings. The van der Waals surface area contributed by atoms with Gasteiger partial charge < -0.3 is 10.6 Å². The number of nitrogens with zero attached hydrogens (tertiary/aromatic N) is 4. The molecule has 0 aromatic carbocycles. The van der Waals surface area contributed by atoms with Crippen LogP contribution in [-0.4, -0.2) is 45.0 Å². The summed E-state index contributed by atoms with van der Waals surface area (Å²) in [5.74, 6) is 2.07. The normalized spacial score (nSPS) is 19.9. The number of nitrogens with two attached hydrogens (primary N) is 1. The Balaban J connectivity index is 1.79. The molecule has 102 valence electrons. The number of piperidine rings is 1. The number of nitrogens with one attached hydrogen (secondary N) is 2. The highest BCUT2D eigenvalue weighted by Gasteiger charge is 2.22. The average molecular weight is 261 g/mol. The standard InChI is InChI=1S/C12H19N7/c1-8-10(6-14-16-8)11-15-12(18-17-11)19-4-2-3-9(5-13)7-19/h6,9H,2-5,7,13H2,1H3,(H,14,16)(H,15,17,18). The number of hydrogen-bond acceptors (Lipinski definition) is 5.